The lowest BCUT2D eigenvalue weighted by Crippen LogP contribution is -2.43. The fourth-order valence-corrected chi connectivity index (χ4v) is 3.51. The average Bonchev–Trinajstić information content (AvgIpc) is 2.62. The van der Waals surface area contributed by atoms with E-state index in [4.69, 9.17) is 11.6 Å². The molecule has 4 nitrogen and oxygen atoms in total. The minimum Gasteiger partial charge on any atom is -0.391 e. The highest BCUT2D eigenvalue weighted by Gasteiger charge is 2.30. The summed E-state index contributed by atoms with van der Waals surface area (Å²) in [6, 6.07) is 14.8. The molecule has 0 aliphatic carbocycles. The van der Waals surface area contributed by atoms with Crippen molar-refractivity contribution in [3.05, 3.63) is 65.4 Å². The molecule has 2 aromatic carbocycles. The minimum absolute atomic E-state index is 0.137. The smallest absolute Gasteiger partial charge is 0.225 e. The Bertz CT molecular complexity index is 853. The van der Waals surface area contributed by atoms with Crippen molar-refractivity contribution in [3.8, 4) is 0 Å². The van der Waals surface area contributed by atoms with Crippen LogP contribution in [0.15, 0.2) is 54.9 Å². The summed E-state index contributed by atoms with van der Waals surface area (Å²) in [5.74, 6) is 0.758. The van der Waals surface area contributed by atoms with E-state index in [1.54, 1.807) is 12.4 Å². The number of aliphatic hydroxyl groups is 1. The number of halogens is 1. The predicted octanol–water partition coefficient (Wildman–Crippen LogP) is 3.64. The van der Waals surface area contributed by atoms with Gasteiger partial charge in [0, 0.05) is 19.0 Å². The molecule has 4 rings (SSSR count). The number of piperidine rings is 1. The molecular weight excluding hydrogens is 322 g/mol. The van der Waals surface area contributed by atoms with Crippen LogP contribution < -0.4 is 4.90 Å². The minimum atomic E-state index is -0.445. The van der Waals surface area contributed by atoms with Gasteiger partial charge in [-0.05, 0) is 22.8 Å². The van der Waals surface area contributed by atoms with Crippen molar-refractivity contribution in [2.24, 2.45) is 0 Å². The molecule has 5 heteroatoms. The lowest BCUT2D eigenvalue weighted by molar-refractivity contribution is 0.129. The molecule has 0 saturated carbocycles. The molecule has 0 unspecified atom stereocenters. The average molecular weight is 340 g/mol. The Morgan fingerprint density at radius 1 is 1.04 bits per heavy atom. The first-order chi connectivity index (χ1) is 11.7. The number of nitrogens with zero attached hydrogens (tertiary/aromatic N) is 3. The number of hydrogen-bond acceptors (Lipinski definition) is 4. The molecule has 1 aromatic heterocycles. The third-order valence-corrected chi connectivity index (χ3v) is 4.87. The van der Waals surface area contributed by atoms with E-state index in [0.717, 1.165) is 13.0 Å². The standard InChI is InChI=1S/C19H18ClN3O/c20-16-10-21-19(22-11-16)23-8-7-17(18(24)12-23)15-6-5-13-3-1-2-4-14(13)9-15/h1-6,9-11,17-18,24H,7-8,12H2/t17-,18+/m0/s1. The molecule has 1 aliphatic rings. The van der Waals surface area contributed by atoms with E-state index in [1.165, 1.54) is 16.3 Å². The molecule has 1 N–H and O–H groups in total. The van der Waals surface area contributed by atoms with Gasteiger partial charge in [0.15, 0.2) is 0 Å². The number of rotatable bonds is 2. The fourth-order valence-electron chi connectivity index (χ4n) is 3.41. The second kappa shape index (κ2) is 6.38. The largest absolute Gasteiger partial charge is 0.391 e. The Labute approximate surface area is 145 Å². The van der Waals surface area contributed by atoms with Gasteiger partial charge in [0.05, 0.1) is 23.5 Å². The Morgan fingerprint density at radius 3 is 2.54 bits per heavy atom. The van der Waals surface area contributed by atoms with Crippen LogP contribution in [-0.4, -0.2) is 34.3 Å². The molecule has 2 heterocycles. The van der Waals surface area contributed by atoms with Crippen LogP contribution in [0.5, 0.6) is 0 Å². The van der Waals surface area contributed by atoms with Gasteiger partial charge in [0.1, 0.15) is 0 Å². The summed E-state index contributed by atoms with van der Waals surface area (Å²) >= 11 is 5.84. The Kier molecular flexibility index (Phi) is 4.08. The summed E-state index contributed by atoms with van der Waals surface area (Å²) in [7, 11) is 0. The lowest BCUT2D eigenvalue weighted by Gasteiger charge is -2.36. The van der Waals surface area contributed by atoms with Crippen molar-refractivity contribution < 1.29 is 5.11 Å². The van der Waals surface area contributed by atoms with Gasteiger partial charge in [-0.15, -0.1) is 0 Å². The zero-order chi connectivity index (χ0) is 16.5. The van der Waals surface area contributed by atoms with E-state index in [-0.39, 0.29) is 5.92 Å². The molecule has 122 valence electrons. The SMILES string of the molecule is O[C@@H]1CN(c2ncc(Cl)cn2)CC[C@H]1c1ccc2ccccc2c1. The zero-order valence-corrected chi connectivity index (χ0v) is 13.9. The van der Waals surface area contributed by atoms with Crippen LogP contribution >= 0.6 is 11.6 Å². The van der Waals surface area contributed by atoms with Crippen molar-refractivity contribution in [3.63, 3.8) is 0 Å². The first-order valence-electron chi connectivity index (χ1n) is 8.10. The van der Waals surface area contributed by atoms with E-state index in [9.17, 15) is 5.11 Å². The lowest BCUT2D eigenvalue weighted by atomic mass is 9.86. The zero-order valence-electron chi connectivity index (χ0n) is 13.1. The maximum atomic E-state index is 10.7. The second-order valence-corrected chi connectivity index (χ2v) is 6.65. The van der Waals surface area contributed by atoms with Gasteiger partial charge in [-0.25, -0.2) is 9.97 Å². The van der Waals surface area contributed by atoms with E-state index >= 15 is 0 Å². The number of aliphatic hydroxyl groups excluding tert-OH is 1. The quantitative estimate of drug-likeness (QED) is 0.774. The van der Waals surface area contributed by atoms with Gasteiger partial charge < -0.3 is 10.0 Å². The predicted molar refractivity (Wildman–Crippen MR) is 96.6 cm³/mol. The third-order valence-electron chi connectivity index (χ3n) is 4.67. The molecule has 2 atom stereocenters. The number of anilines is 1. The highest BCUT2D eigenvalue weighted by atomic mass is 35.5. The molecular formula is C19H18ClN3O. The van der Waals surface area contributed by atoms with E-state index < -0.39 is 6.10 Å². The van der Waals surface area contributed by atoms with Crippen LogP contribution in [0.2, 0.25) is 5.02 Å². The van der Waals surface area contributed by atoms with E-state index in [1.807, 2.05) is 17.0 Å². The van der Waals surface area contributed by atoms with Gasteiger partial charge in [-0.2, -0.15) is 0 Å². The maximum Gasteiger partial charge on any atom is 0.225 e. The summed E-state index contributed by atoms with van der Waals surface area (Å²) in [5.41, 5.74) is 1.19. The topological polar surface area (TPSA) is 49.2 Å². The van der Waals surface area contributed by atoms with Gasteiger partial charge in [0.2, 0.25) is 5.95 Å². The van der Waals surface area contributed by atoms with Gasteiger partial charge in [0.25, 0.3) is 0 Å². The first-order valence-corrected chi connectivity index (χ1v) is 8.48. The van der Waals surface area contributed by atoms with Crippen LogP contribution in [0, 0.1) is 0 Å². The highest BCUT2D eigenvalue weighted by Crippen LogP contribution is 2.31. The molecule has 0 amide bonds. The molecule has 1 aliphatic heterocycles. The summed E-state index contributed by atoms with van der Waals surface area (Å²) in [5, 5.41) is 13.6. The molecule has 1 saturated heterocycles. The summed E-state index contributed by atoms with van der Waals surface area (Å²) in [6.07, 6.45) is 3.60. The number of benzene rings is 2. The number of hydrogen-bond donors (Lipinski definition) is 1. The van der Waals surface area contributed by atoms with Crippen LogP contribution in [-0.2, 0) is 0 Å². The molecule has 1 fully saturated rings. The molecule has 0 spiro atoms. The van der Waals surface area contributed by atoms with Gasteiger partial charge >= 0.3 is 0 Å². The highest BCUT2D eigenvalue weighted by molar-refractivity contribution is 6.30. The Hall–Kier alpha value is -2.17. The van der Waals surface area contributed by atoms with Crippen LogP contribution in [0.3, 0.4) is 0 Å². The van der Waals surface area contributed by atoms with Gasteiger partial charge in [-0.3, -0.25) is 0 Å². The van der Waals surface area contributed by atoms with Crippen LogP contribution in [0.25, 0.3) is 10.8 Å². The molecule has 0 bridgehead atoms. The van der Waals surface area contributed by atoms with Crippen molar-refractivity contribution in [1.29, 1.82) is 0 Å². The first kappa shape index (κ1) is 15.4. The number of β-amino-alcohol motifs (C(OH)–C–C–N with tert-alkyl or cyclic N) is 1. The van der Waals surface area contributed by atoms with Crippen molar-refractivity contribution in [1.82, 2.24) is 9.97 Å². The van der Waals surface area contributed by atoms with Crippen LogP contribution in [0.4, 0.5) is 5.95 Å². The van der Waals surface area contributed by atoms with Crippen molar-refractivity contribution >= 4 is 28.3 Å². The fraction of sp³-hybridized carbons (Fsp3) is 0.263. The normalized spacial score (nSPS) is 21.2. The summed E-state index contributed by atoms with van der Waals surface area (Å²) in [4.78, 5) is 10.5. The number of fused-ring (bicyclic) bond motifs is 1. The van der Waals surface area contributed by atoms with Gasteiger partial charge in [-0.1, -0.05) is 54.1 Å². The third kappa shape index (κ3) is 2.95. The summed E-state index contributed by atoms with van der Waals surface area (Å²) < 4.78 is 0. The van der Waals surface area contributed by atoms with Crippen LogP contribution in [0.1, 0.15) is 17.9 Å². The Balaban J connectivity index is 1.54. The second-order valence-electron chi connectivity index (χ2n) is 6.22. The van der Waals surface area contributed by atoms with Crippen molar-refractivity contribution in [2.45, 2.75) is 18.4 Å². The van der Waals surface area contributed by atoms with Crippen molar-refractivity contribution in [2.75, 3.05) is 18.0 Å². The molecule has 24 heavy (non-hydrogen) atoms. The molecule has 0 radical (unpaired) electrons. The number of aromatic nitrogens is 2. The maximum absolute atomic E-state index is 10.7. The molecule has 3 aromatic rings. The Morgan fingerprint density at radius 2 is 1.79 bits per heavy atom. The van der Waals surface area contributed by atoms with E-state index in [0.29, 0.717) is 17.5 Å². The summed E-state index contributed by atoms with van der Waals surface area (Å²) in [6.45, 7) is 1.34. The van der Waals surface area contributed by atoms with E-state index in [2.05, 4.69) is 40.3 Å². The monoisotopic (exact) mass is 339 g/mol.